The molecule has 1 N–H and O–H groups in total. The summed E-state index contributed by atoms with van der Waals surface area (Å²) in [4.78, 5) is 13.5. The third-order valence-electron chi connectivity index (χ3n) is 2.91. The number of carbonyl (C=O) groups excluding carboxylic acids is 1. The topological polar surface area (TPSA) is 41.6 Å². The van der Waals surface area contributed by atoms with Crippen LogP contribution in [0.3, 0.4) is 0 Å². The van der Waals surface area contributed by atoms with E-state index in [9.17, 15) is 4.79 Å². The van der Waals surface area contributed by atoms with Crippen molar-refractivity contribution in [2.45, 2.75) is 52.7 Å². The van der Waals surface area contributed by atoms with Gasteiger partial charge in [0, 0.05) is 25.8 Å². The third kappa shape index (κ3) is 7.02. The van der Waals surface area contributed by atoms with Gasteiger partial charge in [-0.2, -0.15) is 0 Å². The van der Waals surface area contributed by atoms with Gasteiger partial charge in [-0.25, -0.2) is 4.79 Å². The molecule has 0 unspecified atom stereocenters. The van der Waals surface area contributed by atoms with Gasteiger partial charge >= 0.3 is 6.09 Å². The molecule has 0 bridgehead atoms. The highest BCUT2D eigenvalue weighted by Crippen LogP contribution is 2.14. The molecule has 0 fully saturated rings. The van der Waals surface area contributed by atoms with Crippen LogP contribution < -0.4 is 5.32 Å². The molecule has 21 heavy (non-hydrogen) atoms. The number of rotatable bonds is 6. The predicted molar refractivity (Wildman–Crippen MR) is 87.5 cm³/mol. The maximum Gasteiger partial charge on any atom is 0.410 e. The lowest BCUT2D eigenvalue weighted by molar-refractivity contribution is 0.0285. The van der Waals surface area contributed by atoms with Crippen LogP contribution in [0.15, 0.2) is 24.3 Å². The normalized spacial score (nSPS) is 11.1. The minimum atomic E-state index is -0.463. The fourth-order valence-corrected chi connectivity index (χ4v) is 1.87. The highest BCUT2D eigenvalue weighted by molar-refractivity contribution is 5.67. The quantitative estimate of drug-likeness (QED) is 0.796. The number of nitrogens with zero attached hydrogens (tertiary/aromatic N) is 1. The van der Waals surface area contributed by atoms with Crippen LogP contribution in [-0.4, -0.2) is 30.2 Å². The number of carbonyl (C=O) groups is 1. The molecule has 0 aliphatic carbocycles. The van der Waals surface area contributed by atoms with Gasteiger partial charge in [-0.05, 0) is 44.9 Å². The van der Waals surface area contributed by atoms with Gasteiger partial charge < -0.3 is 15.0 Å². The van der Waals surface area contributed by atoms with Crippen LogP contribution in [0.4, 0.5) is 10.5 Å². The van der Waals surface area contributed by atoms with E-state index in [0.29, 0.717) is 6.54 Å². The largest absolute Gasteiger partial charge is 0.444 e. The molecule has 0 saturated heterocycles. The lowest BCUT2D eigenvalue weighted by atomic mass is 10.2. The van der Waals surface area contributed by atoms with Crippen LogP contribution in [0.5, 0.6) is 0 Å². The van der Waals surface area contributed by atoms with Gasteiger partial charge in [0.05, 0.1) is 0 Å². The third-order valence-corrected chi connectivity index (χ3v) is 2.91. The molecule has 1 amide bonds. The van der Waals surface area contributed by atoms with Gasteiger partial charge in [-0.3, -0.25) is 0 Å². The summed E-state index contributed by atoms with van der Waals surface area (Å²) in [6.07, 6.45) is 2.03. The van der Waals surface area contributed by atoms with Crippen molar-refractivity contribution < 1.29 is 9.53 Å². The maximum atomic E-state index is 11.9. The molecule has 118 valence electrons. The zero-order chi connectivity index (χ0) is 15.9. The molecule has 0 saturated carbocycles. The molecule has 0 heterocycles. The van der Waals surface area contributed by atoms with Gasteiger partial charge in [0.2, 0.25) is 0 Å². The van der Waals surface area contributed by atoms with Crippen molar-refractivity contribution in [3.63, 3.8) is 0 Å². The Morgan fingerprint density at radius 2 is 2.05 bits per heavy atom. The Bertz CT molecular complexity index is 452. The van der Waals surface area contributed by atoms with E-state index in [1.807, 2.05) is 39.0 Å². The molecule has 4 nitrogen and oxygen atoms in total. The fraction of sp³-hybridized carbons (Fsp3) is 0.588. The standard InChI is InChI=1S/C17H28N2O2/c1-6-7-11-18-15-10-8-9-14(12-15)13-19(5)16(20)21-17(2,3)4/h8-10,12,18H,6-7,11,13H2,1-5H3. The Kier molecular flexibility index (Phi) is 6.53. The van der Waals surface area contributed by atoms with Crippen molar-refractivity contribution >= 4 is 11.8 Å². The minimum Gasteiger partial charge on any atom is -0.444 e. The Labute approximate surface area is 128 Å². The van der Waals surface area contributed by atoms with Crippen LogP contribution in [0, 0.1) is 0 Å². The highest BCUT2D eigenvalue weighted by atomic mass is 16.6. The zero-order valence-corrected chi connectivity index (χ0v) is 13.9. The number of unbranched alkanes of at least 4 members (excludes halogenated alkanes) is 1. The second kappa shape index (κ2) is 7.91. The van der Waals surface area contributed by atoms with Crippen molar-refractivity contribution in [2.75, 3.05) is 18.9 Å². The monoisotopic (exact) mass is 292 g/mol. The summed E-state index contributed by atoms with van der Waals surface area (Å²) in [7, 11) is 1.76. The molecule has 0 radical (unpaired) electrons. The zero-order valence-electron chi connectivity index (χ0n) is 13.9. The first-order valence-corrected chi connectivity index (χ1v) is 7.59. The van der Waals surface area contributed by atoms with Crippen LogP contribution in [0.25, 0.3) is 0 Å². The van der Waals surface area contributed by atoms with Crippen molar-refractivity contribution in [2.24, 2.45) is 0 Å². The minimum absolute atomic E-state index is 0.299. The Balaban J connectivity index is 2.57. The SMILES string of the molecule is CCCCNc1cccc(CN(C)C(=O)OC(C)(C)C)c1. The molecule has 4 heteroatoms. The Morgan fingerprint density at radius 1 is 1.33 bits per heavy atom. The maximum absolute atomic E-state index is 11.9. The Morgan fingerprint density at radius 3 is 2.67 bits per heavy atom. The van der Waals surface area contributed by atoms with Crippen molar-refractivity contribution in [1.82, 2.24) is 4.90 Å². The smallest absolute Gasteiger partial charge is 0.410 e. The van der Waals surface area contributed by atoms with E-state index in [1.54, 1.807) is 11.9 Å². The summed E-state index contributed by atoms with van der Waals surface area (Å²) >= 11 is 0. The molecule has 1 rings (SSSR count). The lowest BCUT2D eigenvalue weighted by Gasteiger charge is -2.24. The fourth-order valence-electron chi connectivity index (χ4n) is 1.87. The number of ether oxygens (including phenoxy) is 1. The summed E-state index contributed by atoms with van der Waals surface area (Å²) < 4.78 is 5.35. The number of hydrogen-bond acceptors (Lipinski definition) is 3. The molecule has 0 spiro atoms. The average Bonchev–Trinajstić information content (AvgIpc) is 2.37. The van der Waals surface area contributed by atoms with E-state index in [1.165, 1.54) is 6.42 Å². The van der Waals surface area contributed by atoms with Gasteiger partial charge in [0.15, 0.2) is 0 Å². The van der Waals surface area contributed by atoms with Crippen molar-refractivity contribution in [3.05, 3.63) is 29.8 Å². The summed E-state index contributed by atoms with van der Waals surface area (Å²) in [5.74, 6) is 0. The van der Waals surface area contributed by atoms with Crippen LogP contribution in [0.1, 0.15) is 46.1 Å². The molecule has 0 atom stereocenters. The first-order valence-electron chi connectivity index (χ1n) is 7.59. The summed E-state index contributed by atoms with van der Waals surface area (Å²) in [6.45, 7) is 9.30. The first kappa shape index (κ1) is 17.3. The number of anilines is 1. The number of benzene rings is 1. The van der Waals surface area contributed by atoms with E-state index >= 15 is 0 Å². The molecular formula is C17H28N2O2. The highest BCUT2D eigenvalue weighted by Gasteiger charge is 2.19. The summed E-state index contributed by atoms with van der Waals surface area (Å²) in [5.41, 5.74) is 1.72. The van der Waals surface area contributed by atoms with Gasteiger partial charge in [-0.15, -0.1) is 0 Å². The number of amides is 1. The van der Waals surface area contributed by atoms with E-state index in [2.05, 4.69) is 18.3 Å². The van der Waals surface area contributed by atoms with Gasteiger partial charge in [0.1, 0.15) is 5.60 Å². The van der Waals surface area contributed by atoms with Crippen LogP contribution >= 0.6 is 0 Å². The molecular weight excluding hydrogens is 264 g/mol. The van der Waals surface area contributed by atoms with E-state index in [0.717, 1.165) is 24.2 Å². The lowest BCUT2D eigenvalue weighted by Crippen LogP contribution is -2.33. The molecule has 1 aromatic carbocycles. The van der Waals surface area contributed by atoms with Crippen molar-refractivity contribution in [3.8, 4) is 0 Å². The van der Waals surface area contributed by atoms with Crippen LogP contribution in [0.2, 0.25) is 0 Å². The number of hydrogen-bond donors (Lipinski definition) is 1. The Hall–Kier alpha value is -1.71. The second-order valence-electron chi connectivity index (χ2n) is 6.32. The molecule has 1 aromatic rings. The molecule has 0 aromatic heterocycles. The number of nitrogens with one attached hydrogen (secondary N) is 1. The van der Waals surface area contributed by atoms with Gasteiger partial charge in [0.25, 0.3) is 0 Å². The predicted octanol–water partition coefficient (Wildman–Crippen LogP) is 4.27. The molecule has 0 aliphatic rings. The summed E-state index contributed by atoms with van der Waals surface area (Å²) in [5, 5.41) is 3.39. The average molecular weight is 292 g/mol. The van der Waals surface area contributed by atoms with E-state index in [4.69, 9.17) is 4.74 Å². The van der Waals surface area contributed by atoms with E-state index in [-0.39, 0.29) is 6.09 Å². The van der Waals surface area contributed by atoms with Crippen molar-refractivity contribution in [1.29, 1.82) is 0 Å². The molecule has 0 aliphatic heterocycles. The summed E-state index contributed by atoms with van der Waals surface area (Å²) in [6, 6.07) is 8.15. The van der Waals surface area contributed by atoms with Crippen LogP contribution in [-0.2, 0) is 11.3 Å². The second-order valence-corrected chi connectivity index (χ2v) is 6.32. The van der Waals surface area contributed by atoms with Gasteiger partial charge in [-0.1, -0.05) is 25.5 Å². The van der Waals surface area contributed by atoms with E-state index < -0.39 is 5.60 Å². The first-order chi connectivity index (χ1) is 9.81.